The number of cyclic esters (lactones) is 1. The zero-order chi connectivity index (χ0) is 18.5. The van der Waals surface area contributed by atoms with Crippen LogP contribution in [0.2, 0.25) is 0 Å². The molecule has 0 radical (unpaired) electrons. The van der Waals surface area contributed by atoms with Gasteiger partial charge in [0, 0.05) is 6.42 Å². The fourth-order valence-electron chi connectivity index (χ4n) is 3.53. The number of ether oxygens (including phenoxy) is 1. The normalized spacial score (nSPS) is 18.0. The van der Waals surface area contributed by atoms with Gasteiger partial charge in [0.1, 0.15) is 6.61 Å². The van der Waals surface area contributed by atoms with Gasteiger partial charge in [0.15, 0.2) is 0 Å². The lowest BCUT2D eigenvalue weighted by Crippen LogP contribution is -2.41. The lowest BCUT2D eigenvalue weighted by molar-refractivity contribution is -0.129. The SMILES string of the molecule is CC(C)C(CC(=O)N1C(=O)OC[C@H]1Cc1ccccc1)c1ccccc1. The van der Waals surface area contributed by atoms with E-state index in [1.54, 1.807) is 0 Å². The summed E-state index contributed by atoms with van der Waals surface area (Å²) in [5.74, 6) is 0.220. The second-order valence-corrected chi connectivity index (χ2v) is 7.15. The minimum absolute atomic E-state index is 0.0782. The van der Waals surface area contributed by atoms with Gasteiger partial charge in [-0.3, -0.25) is 4.79 Å². The molecule has 0 aliphatic carbocycles. The molecule has 26 heavy (non-hydrogen) atoms. The maximum atomic E-state index is 13.0. The largest absolute Gasteiger partial charge is 0.447 e. The number of carbonyl (C=O) groups is 2. The van der Waals surface area contributed by atoms with Crippen LogP contribution in [0.5, 0.6) is 0 Å². The first-order chi connectivity index (χ1) is 12.6. The van der Waals surface area contributed by atoms with Crippen molar-refractivity contribution in [2.24, 2.45) is 5.92 Å². The van der Waals surface area contributed by atoms with Crippen LogP contribution in [-0.2, 0) is 16.0 Å². The molecule has 2 aromatic rings. The molecule has 0 aromatic heterocycles. The van der Waals surface area contributed by atoms with E-state index in [0.717, 1.165) is 11.1 Å². The summed E-state index contributed by atoms with van der Waals surface area (Å²) in [6.07, 6.45) is 0.407. The number of nitrogens with zero attached hydrogens (tertiary/aromatic N) is 1. The maximum Gasteiger partial charge on any atom is 0.416 e. The van der Waals surface area contributed by atoms with Crippen LogP contribution in [-0.4, -0.2) is 29.5 Å². The summed E-state index contributed by atoms with van der Waals surface area (Å²) in [5.41, 5.74) is 2.22. The Bertz CT molecular complexity index is 742. The molecule has 136 valence electrons. The fourth-order valence-corrected chi connectivity index (χ4v) is 3.53. The first-order valence-electron chi connectivity index (χ1n) is 9.14. The van der Waals surface area contributed by atoms with E-state index in [1.807, 2.05) is 60.7 Å². The quantitative estimate of drug-likeness (QED) is 0.774. The Kier molecular flexibility index (Phi) is 5.71. The Balaban J connectivity index is 1.74. The van der Waals surface area contributed by atoms with Crippen molar-refractivity contribution in [3.8, 4) is 0 Å². The molecule has 2 atom stereocenters. The van der Waals surface area contributed by atoms with Crippen molar-refractivity contribution in [2.75, 3.05) is 6.61 Å². The fraction of sp³-hybridized carbons (Fsp3) is 0.364. The van der Waals surface area contributed by atoms with Crippen molar-refractivity contribution in [1.82, 2.24) is 4.90 Å². The summed E-state index contributed by atoms with van der Waals surface area (Å²) in [5, 5.41) is 0. The van der Waals surface area contributed by atoms with Gasteiger partial charge in [0.2, 0.25) is 5.91 Å². The highest BCUT2D eigenvalue weighted by Gasteiger charge is 2.38. The highest BCUT2D eigenvalue weighted by Crippen LogP contribution is 2.30. The van der Waals surface area contributed by atoms with E-state index in [0.29, 0.717) is 18.8 Å². The number of imide groups is 1. The number of amides is 2. The third kappa shape index (κ3) is 4.13. The molecule has 1 heterocycles. The first kappa shape index (κ1) is 18.2. The summed E-state index contributed by atoms with van der Waals surface area (Å²) in [6, 6.07) is 19.7. The van der Waals surface area contributed by atoms with Crippen molar-refractivity contribution in [3.05, 3.63) is 71.8 Å². The lowest BCUT2D eigenvalue weighted by Gasteiger charge is -2.25. The van der Waals surface area contributed by atoms with Gasteiger partial charge in [-0.15, -0.1) is 0 Å². The summed E-state index contributed by atoms with van der Waals surface area (Å²) < 4.78 is 5.19. The Morgan fingerprint density at radius 2 is 1.69 bits per heavy atom. The van der Waals surface area contributed by atoms with Gasteiger partial charge in [-0.05, 0) is 29.4 Å². The molecule has 2 amide bonds. The third-order valence-corrected chi connectivity index (χ3v) is 4.97. The van der Waals surface area contributed by atoms with E-state index in [9.17, 15) is 9.59 Å². The molecule has 0 saturated carbocycles. The van der Waals surface area contributed by atoms with Crippen molar-refractivity contribution in [2.45, 2.75) is 38.6 Å². The Labute approximate surface area is 154 Å². The molecule has 1 aliphatic heterocycles. The second-order valence-electron chi connectivity index (χ2n) is 7.15. The number of benzene rings is 2. The zero-order valence-electron chi connectivity index (χ0n) is 15.3. The van der Waals surface area contributed by atoms with E-state index >= 15 is 0 Å². The van der Waals surface area contributed by atoms with E-state index < -0.39 is 6.09 Å². The van der Waals surface area contributed by atoms with Crippen LogP contribution in [0.25, 0.3) is 0 Å². The average Bonchev–Trinajstić information content (AvgIpc) is 3.01. The van der Waals surface area contributed by atoms with Gasteiger partial charge < -0.3 is 4.74 Å². The van der Waals surface area contributed by atoms with Crippen LogP contribution in [0.4, 0.5) is 4.79 Å². The minimum Gasteiger partial charge on any atom is -0.447 e. The number of carbonyl (C=O) groups excluding carboxylic acids is 2. The third-order valence-electron chi connectivity index (χ3n) is 4.97. The average molecular weight is 351 g/mol. The smallest absolute Gasteiger partial charge is 0.416 e. The Morgan fingerprint density at radius 1 is 1.08 bits per heavy atom. The molecule has 2 aromatic carbocycles. The van der Waals surface area contributed by atoms with Crippen molar-refractivity contribution >= 4 is 12.0 Å². The summed E-state index contributed by atoms with van der Waals surface area (Å²) in [6.45, 7) is 4.47. The molecule has 1 fully saturated rings. The van der Waals surface area contributed by atoms with Crippen molar-refractivity contribution < 1.29 is 14.3 Å². The standard InChI is InChI=1S/C22H25NO3/c1-16(2)20(18-11-7-4-8-12-18)14-21(24)23-19(15-26-22(23)25)13-17-9-5-3-6-10-17/h3-12,16,19-20H,13-15H2,1-2H3/t19-,20?/m1/s1. The molecular formula is C22H25NO3. The van der Waals surface area contributed by atoms with Gasteiger partial charge in [0.05, 0.1) is 6.04 Å². The van der Waals surface area contributed by atoms with Gasteiger partial charge >= 0.3 is 6.09 Å². The van der Waals surface area contributed by atoms with Crippen LogP contribution in [0, 0.1) is 5.92 Å². The Morgan fingerprint density at radius 3 is 2.31 bits per heavy atom. The Hall–Kier alpha value is -2.62. The van der Waals surface area contributed by atoms with Crippen LogP contribution in [0.3, 0.4) is 0 Å². The van der Waals surface area contributed by atoms with E-state index in [1.165, 1.54) is 4.90 Å². The second kappa shape index (κ2) is 8.17. The number of hydrogen-bond acceptors (Lipinski definition) is 3. The predicted molar refractivity (Wildman–Crippen MR) is 101 cm³/mol. The first-order valence-corrected chi connectivity index (χ1v) is 9.14. The topological polar surface area (TPSA) is 46.6 Å². The van der Waals surface area contributed by atoms with Crippen LogP contribution >= 0.6 is 0 Å². The molecule has 4 heteroatoms. The molecule has 1 aliphatic rings. The van der Waals surface area contributed by atoms with Crippen molar-refractivity contribution in [1.29, 1.82) is 0 Å². The molecule has 4 nitrogen and oxygen atoms in total. The van der Waals surface area contributed by atoms with Crippen LogP contribution in [0.15, 0.2) is 60.7 Å². The maximum absolute atomic E-state index is 13.0. The minimum atomic E-state index is -0.522. The van der Waals surface area contributed by atoms with Gasteiger partial charge in [-0.1, -0.05) is 74.5 Å². The molecule has 3 rings (SSSR count). The summed E-state index contributed by atoms with van der Waals surface area (Å²) >= 11 is 0. The molecule has 1 unspecified atom stereocenters. The highest BCUT2D eigenvalue weighted by atomic mass is 16.6. The lowest BCUT2D eigenvalue weighted by atomic mass is 9.85. The number of rotatable bonds is 6. The van der Waals surface area contributed by atoms with Gasteiger partial charge in [-0.25, -0.2) is 9.69 Å². The molecule has 0 spiro atoms. The van der Waals surface area contributed by atoms with Gasteiger partial charge in [-0.2, -0.15) is 0 Å². The highest BCUT2D eigenvalue weighted by molar-refractivity contribution is 5.94. The molecule has 0 bridgehead atoms. The van der Waals surface area contributed by atoms with Crippen molar-refractivity contribution in [3.63, 3.8) is 0 Å². The molecular weight excluding hydrogens is 326 g/mol. The van der Waals surface area contributed by atoms with E-state index in [-0.39, 0.29) is 24.5 Å². The monoisotopic (exact) mass is 351 g/mol. The summed E-state index contributed by atoms with van der Waals surface area (Å²) in [4.78, 5) is 26.5. The molecule has 0 N–H and O–H groups in total. The van der Waals surface area contributed by atoms with Crippen LogP contribution in [0.1, 0.15) is 37.3 Å². The molecule has 1 saturated heterocycles. The predicted octanol–water partition coefficient (Wildman–Crippen LogP) is 4.41. The number of hydrogen-bond donors (Lipinski definition) is 0. The van der Waals surface area contributed by atoms with Crippen LogP contribution < -0.4 is 0 Å². The van der Waals surface area contributed by atoms with E-state index in [2.05, 4.69) is 13.8 Å². The zero-order valence-corrected chi connectivity index (χ0v) is 15.3. The van der Waals surface area contributed by atoms with Gasteiger partial charge in [0.25, 0.3) is 0 Å². The van der Waals surface area contributed by atoms with E-state index in [4.69, 9.17) is 4.74 Å². The summed E-state index contributed by atoms with van der Waals surface area (Å²) in [7, 11) is 0.